The van der Waals surface area contributed by atoms with Gasteiger partial charge in [-0.05, 0) is 24.6 Å². The maximum atomic E-state index is 4.19. The van der Waals surface area contributed by atoms with Crippen molar-refractivity contribution in [2.24, 2.45) is 0 Å². The van der Waals surface area contributed by atoms with E-state index in [1.165, 1.54) is 5.56 Å². The van der Waals surface area contributed by atoms with Gasteiger partial charge in [0.25, 0.3) is 0 Å². The highest BCUT2D eigenvalue weighted by Crippen LogP contribution is 2.20. The molecule has 0 radical (unpaired) electrons. The molecular weight excluding hydrogens is 248 g/mol. The SMILES string of the molecule is CC1CNC(c2ccccc2)CN1Cc1cccnn1. The zero-order chi connectivity index (χ0) is 13.8. The van der Waals surface area contributed by atoms with Gasteiger partial charge in [0.1, 0.15) is 0 Å². The molecule has 2 unspecified atom stereocenters. The molecule has 1 aliphatic rings. The molecule has 104 valence electrons. The van der Waals surface area contributed by atoms with Crippen molar-refractivity contribution in [2.75, 3.05) is 13.1 Å². The second-order valence-electron chi connectivity index (χ2n) is 5.36. The minimum Gasteiger partial charge on any atom is -0.307 e. The molecule has 1 aromatic carbocycles. The number of rotatable bonds is 3. The van der Waals surface area contributed by atoms with E-state index in [1.54, 1.807) is 6.20 Å². The van der Waals surface area contributed by atoms with E-state index in [9.17, 15) is 0 Å². The van der Waals surface area contributed by atoms with Crippen LogP contribution in [0.3, 0.4) is 0 Å². The van der Waals surface area contributed by atoms with E-state index in [4.69, 9.17) is 0 Å². The number of piperazine rings is 1. The Kier molecular flexibility index (Phi) is 4.04. The van der Waals surface area contributed by atoms with Gasteiger partial charge >= 0.3 is 0 Å². The fourth-order valence-electron chi connectivity index (χ4n) is 2.68. The Labute approximate surface area is 119 Å². The van der Waals surface area contributed by atoms with Crippen LogP contribution >= 0.6 is 0 Å². The Hall–Kier alpha value is -1.78. The molecule has 2 heterocycles. The lowest BCUT2D eigenvalue weighted by molar-refractivity contribution is 0.131. The third kappa shape index (κ3) is 3.03. The van der Waals surface area contributed by atoms with Gasteiger partial charge in [-0.25, -0.2) is 0 Å². The molecule has 1 aliphatic heterocycles. The molecule has 20 heavy (non-hydrogen) atoms. The number of hydrogen-bond acceptors (Lipinski definition) is 4. The Bertz CT molecular complexity index is 529. The van der Waals surface area contributed by atoms with Crippen LogP contribution < -0.4 is 5.32 Å². The van der Waals surface area contributed by atoms with Crippen LogP contribution in [0.2, 0.25) is 0 Å². The third-order valence-electron chi connectivity index (χ3n) is 3.89. The molecule has 3 rings (SSSR count). The van der Waals surface area contributed by atoms with Crippen LogP contribution in [-0.2, 0) is 6.54 Å². The van der Waals surface area contributed by atoms with Gasteiger partial charge in [0.15, 0.2) is 0 Å². The van der Waals surface area contributed by atoms with Gasteiger partial charge < -0.3 is 5.32 Å². The summed E-state index contributed by atoms with van der Waals surface area (Å²) < 4.78 is 0. The van der Waals surface area contributed by atoms with E-state index in [0.717, 1.165) is 25.3 Å². The molecule has 2 aromatic rings. The van der Waals surface area contributed by atoms with Crippen LogP contribution in [0.15, 0.2) is 48.7 Å². The molecule has 4 heteroatoms. The van der Waals surface area contributed by atoms with Gasteiger partial charge in [-0.15, -0.1) is 0 Å². The summed E-state index contributed by atoms with van der Waals surface area (Å²) in [4.78, 5) is 2.47. The first kappa shape index (κ1) is 13.2. The normalized spacial score (nSPS) is 23.6. The van der Waals surface area contributed by atoms with Crippen molar-refractivity contribution in [3.05, 3.63) is 59.9 Å². The molecule has 1 fully saturated rings. The molecule has 0 amide bonds. The smallest absolute Gasteiger partial charge is 0.0771 e. The first-order chi connectivity index (χ1) is 9.83. The van der Waals surface area contributed by atoms with Crippen LogP contribution in [0.1, 0.15) is 24.2 Å². The van der Waals surface area contributed by atoms with Crippen LogP contribution in [0.25, 0.3) is 0 Å². The molecule has 0 saturated carbocycles. The third-order valence-corrected chi connectivity index (χ3v) is 3.89. The highest BCUT2D eigenvalue weighted by molar-refractivity contribution is 5.20. The number of nitrogens with zero attached hydrogens (tertiary/aromatic N) is 3. The molecular formula is C16H20N4. The van der Waals surface area contributed by atoms with Crippen molar-refractivity contribution in [3.63, 3.8) is 0 Å². The average molecular weight is 268 g/mol. The Balaban J connectivity index is 1.71. The molecule has 4 nitrogen and oxygen atoms in total. The zero-order valence-electron chi connectivity index (χ0n) is 11.7. The maximum Gasteiger partial charge on any atom is 0.0771 e. The summed E-state index contributed by atoms with van der Waals surface area (Å²) in [7, 11) is 0. The molecule has 1 saturated heterocycles. The largest absolute Gasteiger partial charge is 0.307 e. The predicted octanol–water partition coefficient (Wildman–Crippen LogP) is 2.01. The van der Waals surface area contributed by atoms with Crippen molar-refractivity contribution >= 4 is 0 Å². The van der Waals surface area contributed by atoms with Gasteiger partial charge in [-0.2, -0.15) is 10.2 Å². The number of aromatic nitrogens is 2. The summed E-state index contributed by atoms with van der Waals surface area (Å²) in [5.74, 6) is 0. The summed E-state index contributed by atoms with van der Waals surface area (Å²) in [6.07, 6.45) is 1.72. The van der Waals surface area contributed by atoms with Gasteiger partial charge in [-0.1, -0.05) is 30.3 Å². The van der Waals surface area contributed by atoms with E-state index in [0.29, 0.717) is 12.1 Å². The van der Waals surface area contributed by atoms with E-state index in [1.807, 2.05) is 12.1 Å². The lowest BCUT2D eigenvalue weighted by Crippen LogP contribution is -2.50. The van der Waals surface area contributed by atoms with Crippen molar-refractivity contribution < 1.29 is 0 Å². The van der Waals surface area contributed by atoms with E-state index >= 15 is 0 Å². The first-order valence-corrected chi connectivity index (χ1v) is 7.12. The Morgan fingerprint density at radius 1 is 1.20 bits per heavy atom. The van der Waals surface area contributed by atoms with E-state index < -0.39 is 0 Å². The summed E-state index contributed by atoms with van der Waals surface area (Å²) in [6.45, 7) is 5.12. The first-order valence-electron chi connectivity index (χ1n) is 7.12. The zero-order valence-corrected chi connectivity index (χ0v) is 11.7. The van der Waals surface area contributed by atoms with Gasteiger partial charge in [0.05, 0.1) is 5.69 Å². The molecule has 0 aliphatic carbocycles. The summed E-state index contributed by atoms with van der Waals surface area (Å²) >= 11 is 0. The fourth-order valence-corrected chi connectivity index (χ4v) is 2.68. The van der Waals surface area contributed by atoms with Crippen LogP contribution in [-0.4, -0.2) is 34.2 Å². The summed E-state index contributed by atoms with van der Waals surface area (Å²) in [6, 6.07) is 15.5. The van der Waals surface area contributed by atoms with Crippen LogP contribution in [0.5, 0.6) is 0 Å². The molecule has 1 aromatic heterocycles. The number of hydrogen-bond donors (Lipinski definition) is 1. The monoisotopic (exact) mass is 268 g/mol. The predicted molar refractivity (Wildman–Crippen MR) is 79.1 cm³/mol. The highest BCUT2D eigenvalue weighted by atomic mass is 15.2. The van der Waals surface area contributed by atoms with Crippen molar-refractivity contribution in [2.45, 2.75) is 25.6 Å². The van der Waals surface area contributed by atoms with Gasteiger partial charge in [0, 0.05) is 37.9 Å². The van der Waals surface area contributed by atoms with Crippen molar-refractivity contribution in [3.8, 4) is 0 Å². The highest BCUT2D eigenvalue weighted by Gasteiger charge is 2.25. The summed E-state index contributed by atoms with van der Waals surface area (Å²) in [5, 5.41) is 11.8. The fraction of sp³-hybridized carbons (Fsp3) is 0.375. The van der Waals surface area contributed by atoms with Crippen LogP contribution in [0, 0.1) is 0 Å². The van der Waals surface area contributed by atoms with Gasteiger partial charge in [0.2, 0.25) is 0 Å². The summed E-state index contributed by atoms with van der Waals surface area (Å²) in [5.41, 5.74) is 2.39. The van der Waals surface area contributed by atoms with Crippen molar-refractivity contribution in [1.82, 2.24) is 20.4 Å². The van der Waals surface area contributed by atoms with Crippen LogP contribution in [0.4, 0.5) is 0 Å². The Morgan fingerprint density at radius 2 is 2.05 bits per heavy atom. The minimum atomic E-state index is 0.393. The van der Waals surface area contributed by atoms with Gasteiger partial charge in [-0.3, -0.25) is 4.90 Å². The lowest BCUT2D eigenvalue weighted by Gasteiger charge is -2.38. The number of nitrogens with one attached hydrogen (secondary N) is 1. The molecule has 0 bridgehead atoms. The minimum absolute atomic E-state index is 0.393. The average Bonchev–Trinajstić information content (AvgIpc) is 2.51. The van der Waals surface area contributed by atoms with Crippen molar-refractivity contribution in [1.29, 1.82) is 0 Å². The topological polar surface area (TPSA) is 41.0 Å². The van der Waals surface area contributed by atoms with E-state index in [2.05, 4.69) is 57.7 Å². The number of benzene rings is 1. The Morgan fingerprint density at radius 3 is 2.80 bits per heavy atom. The standard InChI is InChI=1S/C16H20N4/c1-13-10-17-16(14-6-3-2-4-7-14)12-20(13)11-15-8-5-9-18-19-15/h2-9,13,16-17H,10-12H2,1H3. The second kappa shape index (κ2) is 6.11. The molecule has 0 spiro atoms. The quantitative estimate of drug-likeness (QED) is 0.924. The molecule has 2 atom stereocenters. The second-order valence-corrected chi connectivity index (χ2v) is 5.36. The molecule has 1 N–H and O–H groups in total. The van der Waals surface area contributed by atoms with E-state index in [-0.39, 0.29) is 0 Å². The maximum absolute atomic E-state index is 4.19. The lowest BCUT2D eigenvalue weighted by atomic mass is 10.0.